The lowest BCUT2D eigenvalue weighted by Crippen LogP contribution is -2.05. The molecule has 1 aromatic carbocycles. The Morgan fingerprint density at radius 1 is 1.42 bits per heavy atom. The molecule has 0 N–H and O–H groups in total. The lowest BCUT2D eigenvalue weighted by atomic mass is 10.3. The number of esters is 1. The lowest BCUT2D eigenvalue weighted by Gasteiger charge is -2.07. The maximum Gasteiger partial charge on any atom is 0.351 e. The molecule has 19 heavy (non-hydrogen) atoms. The number of para-hydroxylation sites is 1. The number of benzene rings is 1. The summed E-state index contributed by atoms with van der Waals surface area (Å²) in [7, 11) is 0. The zero-order valence-electron chi connectivity index (χ0n) is 10.6. The number of aromatic nitrogens is 1. The van der Waals surface area contributed by atoms with Gasteiger partial charge in [-0.05, 0) is 37.5 Å². The Labute approximate surface area is 125 Å². The van der Waals surface area contributed by atoms with Gasteiger partial charge in [0.1, 0.15) is 9.90 Å². The van der Waals surface area contributed by atoms with Gasteiger partial charge in [-0.2, -0.15) is 0 Å². The van der Waals surface area contributed by atoms with Gasteiger partial charge in [-0.1, -0.05) is 29.5 Å². The SMILES string of the molecule is CCOC(=O)c1sc(=S)n(-c2ccccc2)c1SC. The normalized spacial score (nSPS) is 10.4. The molecular formula is C13H13NO2S3. The van der Waals surface area contributed by atoms with Crippen molar-refractivity contribution < 1.29 is 9.53 Å². The topological polar surface area (TPSA) is 31.2 Å². The standard InChI is InChI=1S/C13H13NO2S3/c1-3-16-12(15)10-11(18-2)14(13(17)19-10)9-7-5-4-6-8-9/h4-8H,3H2,1-2H3. The van der Waals surface area contributed by atoms with Crippen molar-refractivity contribution in [2.24, 2.45) is 0 Å². The number of hydrogen-bond donors (Lipinski definition) is 0. The van der Waals surface area contributed by atoms with E-state index < -0.39 is 0 Å². The highest BCUT2D eigenvalue weighted by molar-refractivity contribution is 7.98. The summed E-state index contributed by atoms with van der Waals surface area (Å²) >= 11 is 8.16. The summed E-state index contributed by atoms with van der Waals surface area (Å²) in [5, 5.41) is 0.833. The predicted molar refractivity (Wildman–Crippen MR) is 82.2 cm³/mol. The Morgan fingerprint density at radius 3 is 2.68 bits per heavy atom. The second kappa shape index (κ2) is 6.36. The molecule has 0 unspecified atom stereocenters. The van der Waals surface area contributed by atoms with Gasteiger partial charge in [0.05, 0.1) is 6.61 Å². The number of carbonyl (C=O) groups is 1. The summed E-state index contributed by atoms with van der Waals surface area (Å²) in [4.78, 5) is 12.5. The summed E-state index contributed by atoms with van der Waals surface area (Å²) in [5.41, 5.74) is 0.962. The van der Waals surface area contributed by atoms with Gasteiger partial charge in [-0.25, -0.2) is 4.79 Å². The molecule has 1 heterocycles. The number of hydrogen-bond acceptors (Lipinski definition) is 5. The second-order valence-corrected chi connectivity index (χ2v) is 6.04. The van der Waals surface area contributed by atoms with Crippen LogP contribution in [0.3, 0.4) is 0 Å². The van der Waals surface area contributed by atoms with E-state index >= 15 is 0 Å². The summed E-state index contributed by atoms with van der Waals surface area (Å²) in [6.45, 7) is 2.16. The van der Waals surface area contributed by atoms with Crippen molar-refractivity contribution in [1.29, 1.82) is 0 Å². The van der Waals surface area contributed by atoms with Crippen LogP contribution in [0.25, 0.3) is 5.69 Å². The van der Waals surface area contributed by atoms with Crippen LogP contribution in [0.4, 0.5) is 0 Å². The van der Waals surface area contributed by atoms with Crippen molar-refractivity contribution in [2.75, 3.05) is 12.9 Å². The predicted octanol–water partition coefficient (Wildman–Crippen LogP) is 4.17. The third-order valence-electron chi connectivity index (χ3n) is 2.44. The molecule has 0 saturated carbocycles. The number of carbonyl (C=O) groups excluding carboxylic acids is 1. The fraction of sp³-hybridized carbons (Fsp3) is 0.231. The van der Waals surface area contributed by atoms with Gasteiger partial charge in [0, 0.05) is 5.69 Å². The first-order valence-corrected chi connectivity index (χ1v) is 8.16. The Bertz CT molecular complexity index is 631. The molecule has 0 fully saturated rings. The van der Waals surface area contributed by atoms with Crippen LogP contribution in [0.1, 0.15) is 16.6 Å². The van der Waals surface area contributed by atoms with Crippen molar-refractivity contribution >= 4 is 41.3 Å². The van der Waals surface area contributed by atoms with Crippen molar-refractivity contribution in [2.45, 2.75) is 11.9 Å². The molecule has 2 aromatic rings. The van der Waals surface area contributed by atoms with Crippen molar-refractivity contribution in [3.8, 4) is 5.69 Å². The molecule has 100 valence electrons. The van der Waals surface area contributed by atoms with Crippen LogP contribution in [0.5, 0.6) is 0 Å². The number of thioether (sulfide) groups is 1. The van der Waals surface area contributed by atoms with Gasteiger partial charge in [0.2, 0.25) is 0 Å². The third-order valence-corrected chi connectivity index (χ3v) is 4.69. The molecule has 3 nitrogen and oxygen atoms in total. The smallest absolute Gasteiger partial charge is 0.351 e. The minimum absolute atomic E-state index is 0.308. The maximum absolute atomic E-state index is 11.9. The van der Waals surface area contributed by atoms with Gasteiger partial charge in [-0.3, -0.25) is 4.57 Å². The van der Waals surface area contributed by atoms with E-state index in [-0.39, 0.29) is 5.97 Å². The highest BCUT2D eigenvalue weighted by Gasteiger charge is 2.20. The average Bonchev–Trinajstić information content (AvgIpc) is 2.77. The molecule has 2 rings (SSSR count). The molecule has 0 spiro atoms. The van der Waals surface area contributed by atoms with Gasteiger partial charge >= 0.3 is 5.97 Å². The highest BCUT2D eigenvalue weighted by Crippen LogP contribution is 2.31. The average molecular weight is 311 g/mol. The Hall–Kier alpha value is -1.11. The molecule has 0 radical (unpaired) electrons. The van der Waals surface area contributed by atoms with E-state index in [4.69, 9.17) is 17.0 Å². The van der Waals surface area contributed by atoms with E-state index in [1.807, 2.05) is 41.2 Å². The van der Waals surface area contributed by atoms with Crippen LogP contribution in [-0.2, 0) is 4.74 Å². The van der Waals surface area contributed by atoms with Crippen LogP contribution >= 0.6 is 35.3 Å². The van der Waals surface area contributed by atoms with E-state index in [9.17, 15) is 4.79 Å². The fourth-order valence-corrected chi connectivity index (χ4v) is 4.04. The number of thiazole rings is 1. The zero-order chi connectivity index (χ0) is 13.8. The van der Waals surface area contributed by atoms with Crippen LogP contribution in [0, 0.1) is 3.95 Å². The number of rotatable bonds is 4. The highest BCUT2D eigenvalue weighted by atomic mass is 32.2. The van der Waals surface area contributed by atoms with E-state index in [1.165, 1.54) is 23.1 Å². The van der Waals surface area contributed by atoms with Crippen LogP contribution in [-0.4, -0.2) is 23.4 Å². The molecular weight excluding hydrogens is 298 g/mol. The van der Waals surface area contributed by atoms with Crippen LogP contribution in [0.15, 0.2) is 35.4 Å². The lowest BCUT2D eigenvalue weighted by molar-refractivity contribution is 0.0527. The molecule has 0 bridgehead atoms. The molecule has 0 aliphatic heterocycles. The maximum atomic E-state index is 11.9. The second-order valence-electron chi connectivity index (χ2n) is 3.60. The van der Waals surface area contributed by atoms with E-state index in [2.05, 4.69) is 0 Å². The van der Waals surface area contributed by atoms with Crippen molar-refractivity contribution in [3.05, 3.63) is 39.2 Å². The quantitative estimate of drug-likeness (QED) is 0.482. The van der Waals surface area contributed by atoms with Crippen molar-refractivity contribution in [1.82, 2.24) is 4.57 Å². The van der Waals surface area contributed by atoms with Crippen LogP contribution < -0.4 is 0 Å². The molecule has 0 saturated heterocycles. The minimum atomic E-state index is -0.308. The zero-order valence-corrected chi connectivity index (χ0v) is 13.0. The molecule has 0 aliphatic carbocycles. The van der Waals surface area contributed by atoms with Gasteiger partial charge in [0.25, 0.3) is 0 Å². The summed E-state index contributed by atoms with van der Waals surface area (Å²) < 4.78 is 7.64. The van der Waals surface area contributed by atoms with Gasteiger partial charge in [0.15, 0.2) is 3.95 Å². The summed E-state index contributed by atoms with van der Waals surface area (Å²) in [6, 6.07) is 9.78. The fourth-order valence-electron chi connectivity index (χ4n) is 1.67. The molecule has 0 atom stereocenters. The van der Waals surface area contributed by atoms with Crippen molar-refractivity contribution in [3.63, 3.8) is 0 Å². The first-order chi connectivity index (χ1) is 9.19. The summed E-state index contributed by atoms with van der Waals surface area (Å²) in [5.74, 6) is -0.308. The number of ether oxygens (including phenoxy) is 1. The third kappa shape index (κ3) is 2.91. The van der Waals surface area contributed by atoms with E-state index in [1.54, 1.807) is 6.92 Å². The largest absolute Gasteiger partial charge is 0.462 e. The first-order valence-electron chi connectivity index (χ1n) is 5.71. The van der Waals surface area contributed by atoms with Crippen LogP contribution in [0.2, 0.25) is 0 Å². The minimum Gasteiger partial charge on any atom is -0.462 e. The Morgan fingerprint density at radius 2 is 2.11 bits per heavy atom. The molecule has 6 heteroatoms. The summed E-state index contributed by atoms with van der Waals surface area (Å²) in [6.07, 6.45) is 1.93. The first kappa shape index (κ1) is 14.3. The molecule has 0 aliphatic rings. The molecule has 0 amide bonds. The van der Waals surface area contributed by atoms with Gasteiger partial charge < -0.3 is 4.74 Å². The molecule has 1 aromatic heterocycles. The van der Waals surface area contributed by atoms with E-state index in [0.717, 1.165) is 10.7 Å². The Balaban J connectivity index is 2.57. The van der Waals surface area contributed by atoms with E-state index in [0.29, 0.717) is 15.4 Å². The Kier molecular flexibility index (Phi) is 4.79. The number of nitrogens with zero attached hydrogens (tertiary/aromatic N) is 1. The monoisotopic (exact) mass is 311 g/mol. The van der Waals surface area contributed by atoms with Gasteiger partial charge in [-0.15, -0.1) is 11.8 Å².